The van der Waals surface area contributed by atoms with Gasteiger partial charge in [0, 0.05) is 5.56 Å². The molecule has 1 aromatic rings. The van der Waals surface area contributed by atoms with Crippen LogP contribution in [-0.4, -0.2) is 6.61 Å². The molecule has 1 nitrogen and oxygen atoms in total. The second kappa shape index (κ2) is 4.88. The molecule has 0 amide bonds. The summed E-state index contributed by atoms with van der Waals surface area (Å²) in [5, 5.41) is 0. The highest BCUT2D eigenvalue weighted by Crippen LogP contribution is 2.17. The summed E-state index contributed by atoms with van der Waals surface area (Å²) in [6.07, 6.45) is -0.432. The standard InChI is InChI=1S/C10H13FO/c1-2-8-12-10(11)9-6-4-3-5-7-9/h3-7,10H,2,8H2,1H3. The third-order valence-electron chi connectivity index (χ3n) is 1.53. The average Bonchev–Trinajstić information content (AvgIpc) is 2.15. The number of hydrogen-bond donors (Lipinski definition) is 0. The SMILES string of the molecule is CCCOC(F)c1ccccc1. The van der Waals surface area contributed by atoms with Gasteiger partial charge in [-0.2, -0.15) is 0 Å². The van der Waals surface area contributed by atoms with Crippen LogP contribution in [0.2, 0.25) is 0 Å². The molecule has 1 rings (SSSR count). The Labute approximate surface area is 72.2 Å². The van der Waals surface area contributed by atoms with E-state index in [1.807, 2.05) is 13.0 Å². The molecule has 66 valence electrons. The van der Waals surface area contributed by atoms with Gasteiger partial charge in [-0.05, 0) is 6.42 Å². The summed E-state index contributed by atoms with van der Waals surface area (Å²) in [7, 11) is 0. The molecule has 2 heteroatoms. The van der Waals surface area contributed by atoms with Crippen molar-refractivity contribution in [3.8, 4) is 0 Å². The highest BCUT2D eigenvalue weighted by Gasteiger charge is 2.07. The van der Waals surface area contributed by atoms with E-state index in [-0.39, 0.29) is 0 Å². The molecule has 0 aliphatic rings. The van der Waals surface area contributed by atoms with Gasteiger partial charge >= 0.3 is 0 Å². The van der Waals surface area contributed by atoms with Crippen molar-refractivity contribution in [1.29, 1.82) is 0 Å². The van der Waals surface area contributed by atoms with Crippen molar-refractivity contribution in [2.75, 3.05) is 6.61 Å². The van der Waals surface area contributed by atoms with Crippen LogP contribution >= 0.6 is 0 Å². The van der Waals surface area contributed by atoms with E-state index in [1.165, 1.54) is 0 Å². The van der Waals surface area contributed by atoms with Crippen LogP contribution in [0.3, 0.4) is 0 Å². The molecule has 0 heterocycles. The first-order valence-corrected chi connectivity index (χ1v) is 4.15. The Kier molecular flexibility index (Phi) is 3.74. The first kappa shape index (κ1) is 9.20. The van der Waals surface area contributed by atoms with Crippen molar-refractivity contribution in [1.82, 2.24) is 0 Å². The molecule has 0 aromatic heterocycles. The Morgan fingerprint density at radius 3 is 2.58 bits per heavy atom. The van der Waals surface area contributed by atoms with Crippen LogP contribution in [0.25, 0.3) is 0 Å². The molecule has 0 spiro atoms. The minimum absolute atomic E-state index is 0.468. The predicted octanol–water partition coefficient (Wildman–Crippen LogP) is 3.08. The van der Waals surface area contributed by atoms with Crippen LogP contribution in [0.15, 0.2) is 30.3 Å². The average molecular weight is 168 g/mol. The molecule has 1 aromatic carbocycles. The molecule has 0 saturated carbocycles. The Morgan fingerprint density at radius 1 is 1.33 bits per heavy atom. The van der Waals surface area contributed by atoms with E-state index in [0.29, 0.717) is 12.2 Å². The van der Waals surface area contributed by atoms with Crippen molar-refractivity contribution >= 4 is 0 Å². The van der Waals surface area contributed by atoms with E-state index < -0.39 is 6.36 Å². The van der Waals surface area contributed by atoms with Crippen LogP contribution < -0.4 is 0 Å². The zero-order valence-corrected chi connectivity index (χ0v) is 7.16. The Hall–Kier alpha value is -0.890. The van der Waals surface area contributed by atoms with E-state index in [0.717, 1.165) is 6.42 Å². The van der Waals surface area contributed by atoms with Crippen molar-refractivity contribution in [3.63, 3.8) is 0 Å². The Morgan fingerprint density at radius 2 is 2.00 bits per heavy atom. The van der Waals surface area contributed by atoms with Crippen LogP contribution in [0.5, 0.6) is 0 Å². The summed E-state index contributed by atoms with van der Waals surface area (Å²) in [6.45, 7) is 2.42. The van der Waals surface area contributed by atoms with Gasteiger partial charge in [0.2, 0.25) is 6.36 Å². The lowest BCUT2D eigenvalue weighted by Crippen LogP contribution is -1.98. The lowest BCUT2D eigenvalue weighted by molar-refractivity contribution is -0.0406. The highest BCUT2D eigenvalue weighted by atomic mass is 19.1. The zero-order valence-electron chi connectivity index (χ0n) is 7.16. The van der Waals surface area contributed by atoms with Crippen LogP contribution in [-0.2, 0) is 4.74 Å². The number of ether oxygens (including phenoxy) is 1. The molecule has 0 bridgehead atoms. The van der Waals surface area contributed by atoms with Crippen LogP contribution in [0, 0.1) is 0 Å². The van der Waals surface area contributed by atoms with Gasteiger partial charge in [0.15, 0.2) is 0 Å². The summed E-state index contributed by atoms with van der Waals surface area (Å²) < 4.78 is 18.0. The largest absolute Gasteiger partial charge is 0.345 e. The summed E-state index contributed by atoms with van der Waals surface area (Å²) in [6, 6.07) is 8.91. The number of benzene rings is 1. The highest BCUT2D eigenvalue weighted by molar-refractivity contribution is 5.15. The van der Waals surface area contributed by atoms with Crippen molar-refractivity contribution in [2.24, 2.45) is 0 Å². The van der Waals surface area contributed by atoms with Gasteiger partial charge in [-0.15, -0.1) is 0 Å². The van der Waals surface area contributed by atoms with Gasteiger partial charge in [0.05, 0.1) is 6.61 Å². The van der Waals surface area contributed by atoms with Gasteiger partial charge in [0.25, 0.3) is 0 Å². The van der Waals surface area contributed by atoms with E-state index >= 15 is 0 Å². The van der Waals surface area contributed by atoms with E-state index in [2.05, 4.69) is 0 Å². The minimum atomic E-state index is -1.27. The first-order chi connectivity index (χ1) is 5.84. The summed E-state index contributed by atoms with van der Waals surface area (Å²) in [5.41, 5.74) is 0.589. The fraction of sp³-hybridized carbons (Fsp3) is 0.400. The molecular formula is C10H13FO. The van der Waals surface area contributed by atoms with E-state index in [9.17, 15) is 4.39 Å². The van der Waals surface area contributed by atoms with Gasteiger partial charge in [-0.25, -0.2) is 4.39 Å². The maximum atomic E-state index is 13.1. The fourth-order valence-electron chi connectivity index (χ4n) is 0.922. The number of halogens is 1. The first-order valence-electron chi connectivity index (χ1n) is 4.15. The number of hydrogen-bond acceptors (Lipinski definition) is 1. The van der Waals surface area contributed by atoms with Crippen LogP contribution in [0.1, 0.15) is 25.3 Å². The quantitative estimate of drug-likeness (QED) is 0.671. The van der Waals surface area contributed by atoms with E-state index in [1.54, 1.807) is 24.3 Å². The number of alkyl halides is 1. The molecular weight excluding hydrogens is 155 g/mol. The maximum Gasteiger partial charge on any atom is 0.225 e. The molecule has 0 N–H and O–H groups in total. The molecule has 0 aliphatic carbocycles. The smallest absolute Gasteiger partial charge is 0.225 e. The molecule has 0 radical (unpaired) electrons. The molecule has 0 fully saturated rings. The van der Waals surface area contributed by atoms with Crippen molar-refractivity contribution in [3.05, 3.63) is 35.9 Å². The summed E-state index contributed by atoms with van der Waals surface area (Å²) in [4.78, 5) is 0. The maximum absolute atomic E-state index is 13.1. The Bertz CT molecular complexity index is 210. The topological polar surface area (TPSA) is 9.23 Å². The second-order valence-electron chi connectivity index (χ2n) is 2.60. The zero-order chi connectivity index (χ0) is 8.81. The molecule has 12 heavy (non-hydrogen) atoms. The summed E-state index contributed by atoms with van der Waals surface area (Å²) >= 11 is 0. The second-order valence-corrected chi connectivity index (χ2v) is 2.60. The van der Waals surface area contributed by atoms with Gasteiger partial charge < -0.3 is 4.74 Å². The third kappa shape index (κ3) is 2.62. The van der Waals surface area contributed by atoms with E-state index in [4.69, 9.17) is 4.74 Å². The fourth-order valence-corrected chi connectivity index (χ4v) is 0.922. The van der Waals surface area contributed by atoms with Gasteiger partial charge in [-0.1, -0.05) is 37.3 Å². The molecule has 0 aliphatic heterocycles. The van der Waals surface area contributed by atoms with Gasteiger partial charge in [-0.3, -0.25) is 0 Å². The molecule has 0 saturated heterocycles. The minimum Gasteiger partial charge on any atom is -0.345 e. The molecule has 1 unspecified atom stereocenters. The lowest BCUT2D eigenvalue weighted by atomic mass is 10.2. The lowest BCUT2D eigenvalue weighted by Gasteiger charge is -2.08. The van der Waals surface area contributed by atoms with Crippen molar-refractivity contribution < 1.29 is 9.13 Å². The monoisotopic (exact) mass is 168 g/mol. The predicted molar refractivity (Wildman–Crippen MR) is 46.5 cm³/mol. The normalized spacial score (nSPS) is 12.8. The van der Waals surface area contributed by atoms with Gasteiger partial charge in [0.1, 0.15) is 0 Å². The Balaban J connectivity index is 2.48. The summed E-state index contributed by atoms with van der Waals surface area (Å²) in [5.74, 6) is 0. The molecule has 1 atom stereocenters. The number of rotatable bonds is 4. The van der Waals surface area contributed by atoms with Crippen LogP contribution in [0.4, 0.5) is 4.39 Å². The van der Waals surface area contributed by atoms with Crippen molar-refractivity contribution in [2.45, 2.75) is 19.7 Å². The third-order valence-corrected chi connectivity index (χ3v) is 1.53.